The molecule has 0 fully saturated rings. The molecule has 0 unspecified atom stereocenters. The first-order valence-corrected chi connectivity index (χ1v) is 6.48. The molecular weight excluding hydrogens is 345 g/mol. The molecule has 0 aliphatic heterocycles. The largest absolute Gasteiger partial charge is 0.476 e. The van der Waals surface area contributed by atoms with Crippen molar-refractivity contribution >= 4 is 39.3 Å². The summed E-state index contributed by atoms with van der Waals surface area (Å²) >= 11 is 3.11. The first-order valence-electron chi connectivity index (χ1n) is 5.69. The summed E-state index contributed by atoms with van der Waals surface area (Å²) in [5.41, 5.74) is 0.126. The molecule has 8 heteroatoms. The van der Waals surface area contributed by atoms with E-state index >= 15 is 0 Å². The zero-order valence-electron chi connectivity index (χ0n) is 10.4. The summed E-state index contributed by atoms with van der Waals surface area (Å²) in [6.45, 7) is 0. The Morgan fingerprint density at radius 3 is 2.57 bits per heavy atom. The Morgan fingerprint density at radius 2 is 1.90 bits per heavy atom. The molecule has 1 heterocycles. The third-order valence-electron chi connectivity index (χ3n) is 2.44. The maximum Gasteiger partial charge on any atom is 0.356 e. The van der Waals surface area contributed by atoms with E-state index < -0.39 is 17.8 Å². The van der Waals surface area contributed by atoms with Gasteiger partial charge >= 0.3 is 12.0 Å². The number of nitrogens with one attached hydrogen (secondary N) is 2. The molecular formula is C13H9BrFN3O3. The van der Waals surface area contributed by atoms with Crippen LogP contribution in [0.5, 0.6) is 0 Å². The second-order valence-electron chi connectivity index (χ2n) is 3.91. The Labute approximate surface area is 127 Å². The molecule has 0 spiro atoms. The summed E-state index contributed by atoms with van der Waals surface area (Å²) in [5, 5.41) is 13.8. The van der Waals surface area contributed by atoms with Crippen molar-refractivity contribution in [3.63, 3.8) is 0 Å². The van der Waals surface area contributed by atoms with Gasteiger partial charge in [0, 0.05) is 10.7 Å². The fourth-order valence-electron chi connectivity index (χ4n) is 1.54. The molecule has 0 radical (unpaired) electrons. The van der Waals surface area contributed by atoms with Crippen molar-refractivity contribution in [1.29, 1.82) is 0 Å². The molecule has 1 aromatic carbocycles. The summed E-state index contributed by atoms with van der Waals surface area (Å²) in [6.07, 6.45) is 1.31. The maximum atomic E-state index is 12.9. The van der Waals surface area contributed by atoms with E-state index in [2.05, 4.69) is 31.5 Å². The van der Waals surface area contributed by atoms with Gasteiger partial charge in [0.15, 0.2) is 5.69 Å². The highest BCUT2D eigenvalue weighted by molar-refractivity contribution is 9.10. The van der Waals surface area contributed by atoms with Crippen LogP contribution in [0, 0.1) is 5.82 Å². The molecule has 0 saturated carbocycles. The summed E-state index contributed by atoms with van der Waals surface area (Å²) in [6, 6.07) is 6.00. The Bertz CT molecular complexity index is 709. The Kier molecular flexibility index (Phi) is 4.49. The van der Waals surface area contributed by atoms with Gasteiger partial charge in [-0.1, -0.05) is 0 Å². The lowest BCUT2D eigenvalue weighted by Gasteiger charge is -2.10. The fourth-order valence-corrected chi connectivity index (χ4v) is 1.99. The number of aromatic carboxylic acids is 1. The van der Waals surface area contributed by atoms with Crippen LogP contribution in [0.25, 0.3) is 0 Å². The van der Waals surface area contributed by atoms with Crippen LogP contribution in [0.3, 0.4) is 0 Å². The van der Waals surface area contributed by atoms with Gasteiger partial charge < -0.3 is 15.7 Å². The number of pyridine rings is 1. The highest BCUT2D eigenvalue weighted by Crippen LogP contribution is 2.23. The van der Waals surface area contributed by atoms with Crippen LogP contribution in [-0.2, 0) is 0 Å². The average molecular weight is 354 g/mol. The minimum absolute atomic E-state index is 0.0562. The molecule has 0 atom stereocenters. The van der Waals surface area contributed by atoms with Crippen molar-refractivity contribution < 1.29 is 19.1 Å². The lowest BCUT2D eigenvalue weighted by atomic mass is 10.3. The Morgan fingerprint density at radius 1 is 1.19 bits per heavy atom. The molecule has 0 saturated heterocycles. The zero-order valence-corrected chi connectivity index (χ0v) is 12.0. The van der Waals surface area contributed by atoms with Crippen LogP contribution < -0.4 is 10.6 Å². The molecule has 0 aliphatic rings. The summed E-state index contributed by atoms with van der Waals surface area (Å²) in [7, 11) is 0. The number of hydrogen-bond acceptors (Lipinski definition) is 3. The summed E-state index contributed by atoms with van der Waals surface area (Å²) < 4.78 is 13.3. The van der Waals surface area contributed by atoms with Gasteiger partial charge in [-0.3, -0.25) is 0 Å². The first-order chi connectivity index (χ1) is 9.97. The number of amides is 2. The van der Waals surface area contributed by atoms with Crippen molar-refractivity contribution in [2.45, 2.75) is 0 Å². The molecule has 2 rings (SSSR count). The molecule has 3 N–H and O–H groups in total. The molecule has 1 aromatic heterocycles. The van der Waals surface area contributed by atoms with Gasteiger partial charge in [-0.05, 0) is 46.3 Å². The van der Waals surface area contributed by atoms with Gasteiger partial charge in [0.25, 0.3) is 0 Å². The number of nitrogens with zero attached hydrogens (tertiary/aromatic N) is 1. The van der Waals surface area contributed by atoms with Gasteiger partial charge in [0.05, 0.1) is 11.4 Å². The van der Waals surface area contributed by atoms with Crippen LogP contribution in [0.15, 0.2) is 41.0 Å². The average Bonchev–Trinajstić information content (AvgIpc) is 2.42. The second-order valence-corrected chi connectivity index (χ2v) is 4.76. The summed E-state index contributed by atoms with van der Waals surface area (Å²) in [5.74, 6) is -1.71. The molecule has 2 aromatic rings. The van der Waals surface area contributed by atoms with E-state index in [1.54, 1.807) is 0 Å². The number of benzene rings is 1. The Hall–Kier alpha value is -2.48. The van der Waals surface area contributed by atoms with E-state index in [0.717, 1.165) is 0 Å². The molecule has 2 amide bonds. The SMILES string of the molecule is O=C(Nc1ccc(F)cc1Br)Nc1cccnc1C(=O)O. The maximum absolute atomic E-state index is 12.9. The van der Waals surface area contributed by atoms with E-state index in [-0.39, 0.29) is 11.4 Å². The normalized spacial score (nSPS) is 10.0. The van der Waals surface area contributed by atoms with E-state index in [9.17, 15) is 14.0 Å². The number of aromatic nitrogens is 1. The quantitative estimate of drug-likeness (QED) is 0.789. The topological polar surface area (TPSA) is 91.3 Å². The van der Waals surface area contributed by atoms with Crippen molar-refractivity contribution in [2.75, 3.05) is 10.6 Å². The van der Waals surface area contributed by atoms with Gasteiger partial charge in [0.2, 0.25) is 0 Å². The van der Waals surface area contributed by atoms with Crippen LogP contribution in [0.4, 0.5) is 20.6 Å². The van der Waals surface area contributed by atoms with E-state index in [4.69, 9.17) is 5.11 Å². The molecule has 108 valence electrons. The van der Waals surface area contributed by atoms with Crippen LogP contribution in [-0.4, -0.2) is 22.1 Å². The zero-order chi connectivity index (χ0) is 15.4. The van der Waals surface area contributed by atoms with Gasteiger partial charge in [-0.2, -0.15) is 0 Å². The minimum Gasteiger partial charge on any atom is -0.476 e. The highest BCUT2D eigenvalue weighted by Gasteiger charge is 2.14. The lowest BCUT2D eigenvalue weighted by molar-refractivity contribution is 0.0691. The number of urea groups is 1. The number of carboxylic acids is 1. The number of rotatable bonds is 3. The number of hydrogen-bond donors (Lipinski definition) is 3. The van der Waals surface area contributed by atoms with Crippen LogP contribution >= 0.6 is 15.9 Å². The first kappa shape index (κ1) is 14.9. The monoisotopic (exact) mass is 353 g/mol. The van der Waals surface area contributed by atoms with E-state index in [1.807, 2.05) is 0 Å². The van der Waals surface area contributed by atoms with Gasteiger partial charge in [-0.25, -0.2) is 19.0 Å². The summed E-state index contributed by atoms with van der Waals surface area (Å²) in [4.78, 5) is 26.5. The second kappa shape index (κ2) is 6.31. The van der Waals surface area contributed by atoms with Crippen molar-refractivity contribution in [3.05, 3.63) is 52.5 Å². The number of anilines is 2. The molecule has 0 bridgehead atoms. The van der Waals surface area contributed by atoms with Crippen LogP contribution in [0.2, 0.25) is 0 Å². The van der Waals surface area contributed by atoms with Crippen molar-refractivity contribution in [2.24, 2.45) is 0 Å². The Balaban J connectivity index is 2.14. The number of carbonyl (C=O) groups is 2. The minimum atomic E-state index is -1.26. The van der Waals surface area contributed by atoms with Crippen molar-refractivity contribution in [3.8, 4) is 0 Å². The van der Waals surface area contributed by atoms with E-state index in [1.165, 1.54) is 36.5 Å². The van der Waals surface area contributed by atoms with Gasteiger partial charge in [-0.15, -0.1) is 0 Å². The fraction of sp³-hybridized carbons (Fsp3) is 0. The standard InChI is InChI=1S/C13H9BrFN3O3/c14-8-6-7(15)3-4-9(8)17-13(21)18-10-2-1-5-16-11(10)12(19)20/h1-6H,(H,19,20)(H2,17,18,21). The number of carbonyl (C=O) groups excluding carboxylic acids is 1. The van der Waals surface area contributed by atoms with Crippen LogP contribution in [0.1, 0.15) is 10.5 Å². The third-order valence-corrected chi connectivity index (χ3v) is 3.09. The number of carboxylic acid groups (broad SMARTS) is 1. The van der Waals surface area contributed by atoms with Crippen molar-refractivity contribution in [1.82, 2.24) is 4.98 Å². The van der Waals surface area contributed by atoms with E-state index in [0.29, 0.717) is 10.2 Å². The van der Waals surface area contributed by atoms with Gasteiger partial charge in [0.1, 0.15) is 5.82 Å². The number of halogens is 2. The molecule has 6 nitrogen and oxygen atoms in total. The predicted octanol–water partition coefficient (Wildman–Crippen LogP) is 3.33. The third kappa shape index (κ3) is 3.76. The highest BCUT2D eigenvalue weighted by atomic mass is 79.9. The molecule has 21 heavy (non-hydrogen) atoms. The predicted molar refractivity (Wildman–Crippen MR) is 77.9 cm³/mol. The smallest absolute Gasteiger partial charge is 0.356 e. The molecule has 0 aliphatic carbocycles. The lowest BCUT2D eigenvalue weighted by Crippen LogP contribution is -2.21.